The van der Waals surface area contributed by atoms with Crippen molar-refractivity contribution in [3.63, 3.8) is 0 Å². The summed E-state index contributed by atoms with van der Waals surface area (Å²) in [5.41, 5.74) is 4.49. The van der Waals surface area contributed by atoms with E-state index in [0.29, 0.717) is 11.5 Å². The Bertz CT molecular complexity index is 963. The lowest BCUT2D eigenvalue weighted by molar-refractivity contribution is -0.139. The van der Waals surface area contributed by atoms with E-state index in [-0.39, 0.29) is 24.0 Å². The number of aromatic nitrogens is 1. The first-order chi connectivity index (χ1) is 13.6. The number of hydrogen-bond donors (Lipinski definition) is 1. The van der Waals surface area contributed by atoms with Crippen LogP contribution < -0.4 is 4.74 Å². The zero-order valence-corrected chi connectivity index (χ0v) is 16.5. The van der Waals surface area contributed by atoms with Gasteiger partial charge in [-0.05, 0) is 37.5 Å². The van der Waals surface area contributed by atoms with E-state index in [1.54, 1.807) is 13.4 Å². The van der Waals surface area contributed by atoms with Crippen molar-refractivity contribution in [1.82, 2.24) is 9.88 Å². The van der Waals surface area contributed by atoms with E-state index in [4.69, 9.17) is 14.2 Å². The van der Waals surface area contributed by atoms with Crippen LogP contribution in [0.25, 0.3) is 10.9 Å². The third kappa shape index (κ3) is 2.54. The van der Waals surface area contributed by atoms with E-state index in [2.05, 4.69) is 28.9 Å². The number of fused-ring (bicyclic) bond motifs is 6. The fraction of sp³-hybridized carbons (Fsp3) is 0.500. The van der Waals surface area contributed by atoms with Gasteiger partial charge in [-0.3, -0.25) is 4.90 Å². The topological polar surface area (TPSA) is 63.8 Å². The lowest BCUT2D eigenvalue weighted by Crippen LogP contribution is -2.51. The third-order valence-corrected chi connectivity index (χ3v) is 6.84. The van der Waals surface area contributed by atoms with Crippen LogP contribution in [0.4, 0.5) is 0 Å². The highest BCUT2D eigenvalue weighted by atomic mass is 16.5. The first-order valence-electron chi connectivity index (χ1n) is 9.97. The van der Waals surface area contributed by atoms with Crippen LogP contribution in [-0.4, -0.2) is 49.3 Å². The molecule has 6 nitrogen and oxygen atoms in total. The van der Waals surface area contributed by atoms with Crippen LogP contribution in [0.5, 0.6) is 5.75 Å². The largest absolute Gasteiger partial charge is 0.497 e. The molecule has 148 valence electrons. The first kappa shape index (κ1) is 17.6. The Morgan fingerprint density at radius 2 is 2.18 bits per heavy atom. The molecule has 0 radical (unpaired) electrons. The zero-order valence-electron chi connectivity index (χ0n) is 16.5. The average molecular weight is 382 g/mol. The van der Waals surface area contributed by atoms with Gasteiger partial charge in [0.2, 0.25) is 0 Å². The van der Waals surface area contributed by atoms with Gasteiger partial charge >= 0.3 is 5.97 Å². The predicted molar refractivity (Wildman–Crippen MR) is 105 cm³/mol. The number of piperidine rings is 1. The molecule has 4 heterocycles. The summed E-state index contributed by atoms with van der Waals surface area (Å²) >= 11 is 0. The minimum atomic E-state index is -0.271. The van der Waals surface area contributed by atoms with E-state index in [1.807, 2.05) is 6.07 Å². The number of esters is 1. The minimum Gasteiger partial charge on any atom is -0.497 e. The van der Waals surface area contributed by atoms with Crippen molar-refractivity contribution in [2.75, 3.05) is 27.3 Å². The summed E-state index contributed by atoms with van der Waals surface area (Å²) in [7, 11) is 3.13. The van der Waals surface area contributed by atoms with Gasteiger partial charge in [-0.2, -0.15) is 0 Å². The maximum atomic E-state index is 12.3. The molecule has 1 aromatic carbocycles. The van der Waals surface area contributed by atoms with Crippen LogP contribution in [0.3, 0.4) is 0 Å². The van der Waals surface area contributed by atoms with Gasteiger partial charge in [-0.1, -0.05) is 0 Å². The fourth-order valence-corrected chi connectivity index (χ4v) is 5.35. The maximum Gasteiger partial charge on any atom is 0.337 e. The second-order valence-electron chi connectivity index (χ2n) is 8.10. The summed E-state index contributed by atoms with van der Waals surface area (Å²) in [4.78, 5) is 18.6. The summed E-state index contributed by atoms with van der Waals surface area (Å²) in [6.45, 7) is 4.07. The molecule has 2 unspecified atom stereocenters. The van der Waals surface area contributed by atoms with Gasteiger partial charge in [0.1, 0.15) is 5.75 Å². The van der Waals surface area contributed by atoms with Gasteiger partial charge in [-0.15, -0.1) is 0 Å². The van der Waals surface area contributed by atoms with E-state index < -0.39 is 0 Å². The van der Waals surface area contributed by atoms with Crippen molar-refractivity contribution in [1.29, 1.82) is 0 Å². The van der Waals surface area contributed by atoms with Crippen LogP contribution in [0.2, 0.25) is 0 Å². The molecule has 4 atom stereocenters. The third-order valence-electron chi connectivity index (χ3n) is 6.84. The normalized spacial score (nSPS) is 29.2. The molecule has 28 heavy (non-hydrogen) atoms. The number of nitrogens with one attached hydrogen (secondary N) is 1. The molecule has 6 heteroatoms. The highest BCUT2D eigenvalue weighted by molar-refractivity contribution is 5.89. The number of benzene rings is 1. The minimum absolute atomic E-state index is 0.104. The molecular weight excluding hydrogens is 356 g/mol. The van der Waals surface area contributed by atoms with Crippen LogP contribution in [0, 0.1) is 11.8 Å². The standard InChI is InChI=1S/C22H26N2O4/c1-12-17-10-24-7-6-15-14-5-4-13(26-2)8-19(14)23-21(15)20(24)9-16(17)18(11-28-12)22(25)27-3/h4-5,8,11-12,16-17,20,23H,6-7,9-10H2,1-3H3/t12-,16?,17-,20?/m1/s1. The van der Waals surface area contributed by atoms with E-state index in [0.717, 1.165) is 37.2 Å². The second kappa shape index (κ2) is 6.55. The van der Waals surface area contributed by atoms with Crippen LogP contribution >= 0.6 is 0 Å². The summed E-state index contributed by atoms with van der Waals surface area (Å²) in [6.07, 6.45) is 3.67. The molecule has 0 saturated carbocycles. The number of carbonyl (C=O) groups is 1. The average Bonchev–Trinajstić information content (AvgIpc) is 3.10. The van der Waals surface area contributed by atoms with Gasteiger partial charge in [0.05, 0.1) is 38.2 Å². The molecule has 1 N–H and O–H groups in total. The molecule has 5 rings (SSSR count). The van der Waals surface area contributed by atoms with Crippen molar-refractivity contribution < 1.29 is 19.0 Å². The Labute approximate surface area is 164 Å². The summed E-state index contributed by atoms with van der Waals surface area (Å²) < 4.78 is 16.2. The highest BCUT2D eigenvalue weighted by Gasteiger charge is 2.46. The van der Waals surface area contributed by atoms with Gasteiger partial charge in [0.15, 0.2) is 0 Å². The number of methoxy groups -OCH3 is 2. The van der Waals surface area contributed by atoms with E-state index in [9.17, 15) is 4.79 Å². The van der Waals surface area contributed by atoms with Crippen LogP contribution in [-0.2, 0) is 20.7 Å². The molecule has 0 spiro atoms. The smallest absolute Gasteiger partial charge is 0.337 e. The molecule has 2 aromatic rings. The number of aromatic amines is 1. The molecule has 3 aliphatic rings. The van der Waals surface area contributed by atoms with Crippen LogP contribution in [0.15, 0.2) is 30.0 Å². The number of nitrogens with zero attached hydrogens (tertiary/aromatic N) is 1. The Kier molecular flexibility index (Phi) is 4.12. The Morgan fingerprint density at radius 1 is 1.32 bits per heavy atom. The van der Waals surface area contributed by atoms with Gasteiger partial charge < -0.3 is 19.2 Å². The number of rotatable bonds is 2. The molecule has 0 amide bonds. The van der Waals surface area contributed by atoms with Crippen molar-refractivity contribution in [3.8, 4) is 5.75 Å². The molecular formula is C22H26N2O4. The molecule has 0 aliphatic carbocycles. The Balaban J connectivity index is 1.54. The molecule has 1 saturated heterocycles. The molecule has 0 bridgehead atoms. The predicted octanol–water partition coefficient (Wildman–Crippen LogP) is 3.19. The number of hydrogen-bond acceptors (Lipinski definition) is 5. The van der Waals surface area contributed by atoms with Crippen LogP contribution in [0.1, 0.15) is 30.6 Å². The number of ether oxygens (including phenoxy) is 3. The van der Waals surface area contributed by atoms with Crippen molar-refractivity contribution in [2.45, 2.75) is 31.9 Å². The van der Waals surface area contributed by atoms with Gasteiger partial charge in [-0.25, -0.2) is 4.79 Å². The quantitative estimate of drug-likeness (QED) is 0.809. The first-order valence-corrected chi connectivity index (χ1v) is 9.97. The SMILES string of the molecule is COC(=O)C1=CO[C@H](C)[C@H]2CN3CCc4c([nH]c5cc(OC)ccc45)C3CC12. The van der Waals surface area contributed by atoms with Crippen molar-refractivity contribution in [3.05, 3.63) is 41.3 Å². The van der Waals surface area contributed by atoms with E-state index >= 15 is 0 Å². The Morgan fingerprint density at radius 3 is 2.96 bits per heavy atom. The molecule has 1 fully saturated rings. The maximum absolute atomic E-state index is 12.3. The lowest BCUT2D eigenvalue weighted by Gasteiger charge is -2.49. The number of H-pyrrole nitrogens is 1. The van der Waals surface area contributed by atoms with Gasteiger partial charge in [0, 0.05) is 47.6 Å². The monoisotopic (exact) mass is 382 g/mol. The Hall–Kier alpha value is -2.47. The second-order valence-corrected chi connectivity index (χ2v) is 8.10. The van der Waals surface area contributed by atoms with E-state index in [1.165, 1.54) is 23.8 Å². The van der Waals surface area contributed by atoms with Crippen molar-refractivity contribution >= 4 is 16.9 Å². The summed E-state index contributed by atoms with van der Waals surface area (Å²) in [6, 6.07) is 6.53. The fourth-order valence-electron chi connectivity index (χ4n) is 5.35. The summed E-state index contributed by atoms with van der Waals surface area (Å²) in [5, 5.41) is 1.28. The zero-order chi connectivity index (χ0) is 19.4. The van der Waals surface area contributed by atoms with Crippen molar-refractivity contribution in [2.24, 2.45) is 11.8 Å². The lowest BCUT2D eigenvalue weighted by atomic mass is 9.72. The molecule has 1 aromatic heterocycles. The molecule has 3 aliphatic heterocycles. The van der Waals surface area contributed by atoms with Gasteiger partial charge in [0.25, 0.3) is 0 Å². The number of carbonyl (C=O) groups excluding carboxylic acids is 1. The summed E-state index contributed by atoms with van der Waals surface area (Å²) in [5.74, 6) is 1.05. The highest BCUT2D eigenvalue weighted by Crippen LogP contribution is 2.47.